The molecule has 28 heavy (non-hydrogen) atoms. The molecule has 0 aliphatic carbocycles. The number of carbonyl (C=O) groups excluding carboxylic acids is 1. The van der Waals surface area contributed by atoms with Crippen molar-refractivity contribution < 1.29 is 13.9 Å². The van der Waals surface area contributed by atoms with Gasteiger partial charge in [-0.05, 0) is 43.9 Å². The number of rotatable bonds is 9. The highest BCUT2D eigenvalue weighted by molar-refractivity contribution is 5.76. The van der Waals surface area contributed by atoms with E-state index in [4.69, 9.17) is 9.15 Å². The molecule has 1 N–H and O–H groups in total. The quantitative estimate of drug-likeness (QED) is 0.613. The van der Waals surface area contributed by atoms with Crippen molar-refractivity contribution in [1.82, 2.24) is 14.8 Å². The van der Waals surface area contributed by atoms with E-state index in [1.54, 1.807) is 18.2 Å². The van der Waals surface area contributed by atoms with Crippen LogP contribution in [0.4, 0.5) is 0 Å². The Morgan fingerprint density at radius 1 is 1.14 bits per heavy atom. The van der Waals surface area contributed by atoms with Crippen LogP contribution in [0, 0.1) is 0 Å². The van der Waals surface area contributed by atoms with Gasteiger partial charge in [-0.25, -0.2) is 4.79 Å². The van der Waals surface area contributed by atoms with Crippen molar-refractivity contribution in [2.45, 2.75) is 19.5 Å². The third-order valence-corrected chi connectivity index (χ3v) is 4.36. The Hall–Kier alpha value is -3.06. The maximum atomic E-state index is 12.1. The van der Waals surface area contributed by atoms with Gasteiger partial charge in [0.05, 0.1) is 5.52 Å². The summed E-state index contributed by atoms with van der Waals surface area (Å²) in [6, 6.07) is 14.8. The van der Waals surface area contributed by atoms with Crippen molar-refractivity contribution >= 4 is 17.0 Å². The minimum absolute atomic E-state index is 0.122. The summed E-state index contributed by atoms with van der Waals surface area (Å²) in [7, 11) is 4.00. The van der Waals surface area contributed by atoms with Crippen LogP contribution >= 0.6 is 0 Å². The minimum Gasteiger partial charge on any atom is -0.492 e. The van der Waals surface area contributed by atoms with Crippen molar-refractivity contribution in [3.05, 3.63) is 64.6 Å². The van der Waals surface area contributed by atoms with E-state index in [1.165, 1.54) is 4.57 Å². The second-order valence-electron chi connectivity index (χ2n) is 6.81. The van der Waals surface area contributed by atoms with Crippen LogP contribution in [-0.4, -0.2) is 42.6 Å². The average Bonchev–Trinajstić information content (AvgIpc) is 3.00. The van der Waals surface area contributed by atoms with Gasteiger partial charge in [0.15, 0.2) is 5.58 Å². The molecule has 0 aliphatic heterocycles. The van der Waals surface area contributed by atoms with Crippen LogP contribution in [0.25, 0.3) is 11.1 Å². The Balaban J connectivity index is 1.46. The van der Waals surface area contributed by atoms with Gasteiger partial charge in [0.25, 0.3) is 0 Å². The number of ether oxygens (including phenoxy) is 1. The van der Waals surface area contributed by atoms with E-state index in [0.29, 0.717) is 24.3 Å². The number of para-hydroxylation sites is 2. The van der Waals surface area contributed by atoms with Gasteiger partial charge in [-0.3, -0.25) is 9.36 Å². The highest BCUT2D eigenvalue weighted by Gasteiger charge is 2.10. The molecular weight excluding hydrogens is 358 g/mol. The van der Waals surface area contributed by atoms with Crippen molar-refractivity contribution in [1.29, 1.82) is 0 Å². The normalized spacial score (nSPS) is 11.1. The van der Waals surface area contributed by atoms with Gasteiger partial charge < -0.3 is 19.4 Å². The first kappa shape index (κ1) is 19.7. The molecule has 0 atom stereocenters. The molecule has 2 aromatic carbocycles. The van der Waals surface area contributed by atoms with E-state index in [1.807, 2.05) is 44.4 Å². The molecule has 1 heterocycles. The summed E-state index contributed by atoms with van der Waals surface area (Å²) in [5.41, 5.74) is 2.21. The average molecular weight is 383 g/mol. The molecule has 148 valence electrons. The highest BCUT2D eigenvalue weighted by atomic mass is 16.5. The van der Waals surface area contributed by atoms with Crippen LogP contribution in [0.1, 0.15) is 12.0 Å². The zero-order valence-electron chi connectivity index (χ0n) is 16.2. The molecule has 7 heteroatoms. The molecule has 0 radical (unpaired) electrons. The SMILES string of the molecule is CN(C)CCOc1ccc(CNC(=O)CCn2c(=O)oc3ccccc32)cc1. The van der Waals surface area contributed by atoms with Crippen LogP contribution in [-0.2, 0) is 17.9 Å². The first-order chi connectivity index (χ1) is 13.5. The van der Waals surface area contributed by atoms with Crippen LogP contribution in [0.15, 0.2) is 57.7 Å². The Labute approximate surface area is 163 Å². The molecule has 3 rings (SSSR count). The van der Waals surface area contributed by atoms with Crippen molar-refractivity contribution in [2.75, 3.05) is 27.2 Å². The van der Waals surface area contributed by atoms with E-state index in [9.17, 15) is 9.59 Å². The predicted octanol–water partition coefficient (Wildman–Crippen LogP) is 2.24. The van der Waals surface area contributed by atoms with Crippen molar-refractivity contribution in [3.8, 4) is 5.75 Å². The second kappa shape index (κ2) is 9.23. The van der Waals surface area contributed by atoms with Crippen LogP contribution in [0.3, 0.4) is 0 Å². The fraction of sp³-hybridized carbons (Fsp3) is 0.333. The molecule has 1 aromatic heterocycles. The van der Waals surface area contributed by atoms with E-state index in [-0.39, 0.29) is 18.9 Å². The number of hydrogen-bond donors (Lipinski definition) is 1. The Kier molecular flexibility index (Phi) is 6.49. The summed E-state index contributed by atoms with van der Waals surface area (Å²) in [4.78, 5) is 26.1. The third-order valence-electron chi connectivity index (χ3n) is 4.36. The second-order valence-corrected chi connectivity index (χ2v) is 6.81. The number of nitrogens with zero attached hydrogens (tertiary/aromatic N) is 2. The lowest BCUT2D eigenvalue weighted by atomic mass is 10.2. The van der Waals surface area contributed by atoms with Crippen molar-refractivity contribution in [3.63, 3.8) is 0 Å². The largest absolute Gasteiger partial charge is 0.492 e. The number of aryl methyl sites for hydroxylation is 1. The molecule has 1 amide bonds. The summed E-state index contributed by atoms with van der Waals surface area (Å²) < 4.78 is 12.3. The van der Waals surface area contributed by atoms with Gasteiger partial charge in [0.2, 0.25) is 5.91 Å². The zero-order valence-corrected chi connectivity index (χ0v) is 16.2. The topological polar surface area (TPSA) is 76.7 Å². The van der Waals surface area contributed by atoms with Gasteiger partial charge in [-0.15, -0.1) is 0 Å². The number of benzene rings is 2. The fourth-order valence-electron chi connectivity index (χ4n) is 2.78. The Bertz CT molecular complexity index is 973. The number of amides is 1. The number of aromatic nitrogens is 1. The molecular formula is C21H25N3O4. The number of likely N-dealkylation sites (N-methyl/N-ethyl adjacent to an activating group) is 1. The van der Waals surface area contributed by atoms with Crippen LogP contribution < -0.4 is 15.8 Å². The third kappa shape index (κ3) is 5.23. The van der Waals surface area contributed by atoms with Crippen LogP contribution in [0.5, 0.6) is 5.75 Å². The summed E-state index contributed by atoms with van der Waals surface area (Å²) in [6.45, 7) is 2.19. The summed E-state index contributed by atoms with van der Waals surface area (Å²) >= 11 is 0. The Morgan fingerprint density at radius 3 is 2.64 bits per heavy atom. The highest BCUT2D eigenvalue weighted by Crippen LogP contribution is 2.13. The molecule has 0 saturated carbocycles. The lowest BCUT2D eigenvalue weighted by molar-refractivity contribution is -0.121. The first-order valence-electron chi connectivity index (χ1n) is 9.24. The molecule has 0 saturated heterocycles. The van der Waals surface area contributed by atoms with Crippen LogP contribution in [0.2, 0.25) is 0 Å². The maximum absolute atomic E-state index is 12.1. The summed E-state index contributed by atoms with van der Waals surface area (Å²) in [5, 5.41) is 2.87. The summed E-state index contributed by atoms with van der Waals surface area (Å²) in [6.07, 6.45) is 0.204. The van der Waals surface area contributed by atoms with E-state index in [2.05, 4.69) is 10.2 Å². The number of fused-ring (bicyclic) bond motifs is 1. The molecule has 0 spiro atoms. The summed E-state index contributed by atoms with van der Waals surface area (Å²) in [5.74, 6) is 0.241. The number of hydrogen-bond acceptors (Lipinski definition) is 5. The number of nitrogens with one attached hydrogen (secondary N) is 1. The van der Waals surface area contributed by atoms with Gasteiger partial charge in [0.1, 0.15) is 12.4 Å². The Morgan fingerprint density at radius 2 is 1.89 bits per heavy atom. The lowest BCUT2D eigenvalue weighted by Gasteiger charge is -2.11. The van der Waals surface area contributed by atoms with E-state index in [0.717, 1.165) is 17.9 Å². The van der Waals surface area contributed by atoms with Gasteiger partial charge in [-0.1, -0.05) is 24.3 Å². The zero-order chi connectivity index (χ0) is 19.9. The monoisotopic (exact) mass is 383 g/mol. The molecule has 3 aromatic rings. The number of carbonyl (C=O) groups is 1. The first-order valence-corrected chi connectivity index (χ1v) is 9.24. The lowest BCUT2D eigenvalue weighted by Crippen LogP contribution is -2.25. The molecule has 7 nitrogen and oxygen atoms in total. The number of oxazole rings is 1. The molecule has 0 unspecified atom stereocenters. The fourth-order valence-corrected chi connectivity index (χ4v) is 2.78. The molecule has 0 bridgehead atoms. The van der Waals surface area contributed by atoms with E-state index < -0.39 is 5.76 Å². The van der Waals surface area contributed by atoms with Crippen molar-refractivity contribution in [2.24, 2.45) is 0 Å². The maximum Gasteiger partial charge on any atom is 0.419 e. The van der Waals surface area contributed by atoms with Gasteiger partial charge in [0, 0.05) is 26.1 Å². The molecule has 0 aliphatic rings. The standard InChI is InChI=1S/C21H25N3O4/c1-23(2)13-14-27-17-9-7-16(8-10-17)15-22-20(25)11-12-24-18-5-3-4-6-19(18)28-21(24)26/h3-10H,11-15H2,1-2H3,(H,22,25). The van der Waals surface area contributed by atoms with Gasteiger partial charge >= 0.3 is 5.76 Å². The molecule has 0 fully saturated rings. The van der Waals surface area contributed by atoms with Gasteiger partial charge in [-0.2, -0.15) is 0 Å². The predicted molar refractivity (Wildman–Crippen MR) is 107 cm³/mol. The van der Waals surface area contributed by atoms with E-state index >= 15 is 0 Å². The smallest absolute Gasteiger partial charge is 0.419 e. The minimum atomic E-state index is -0.446.